The van der Waals surface area contributed by atoms with Gasteiger partial charge >= 0.3 is 0 Å². The maximum absolute atomic E-state index is 5.09. The van der Waals surface area contributed by atoms with Gasteiger partial charge in [-0.1, -0.05) is 226 Å². The van der Waals surface area contributed by atoms with Gasteiger partial charge in [-0.2, -0.15) is 0 Å². The number of aromatic nitrogens is 6. The zero-order valence-electron chi connectivity index (χ0n) is 36.4. The van der Waals surface area contributed by atoms with Gasteiger partial charge in [-0.25, -0.2) is 29.9 Å². The van der Waals surface area contributed by atoms with Crippen LogP contribution in [0.3, 0.4) is 0 Å². The number of hydrogen-bond acceptors (Lipinski definition) is 6. The Morgan fingerprint density at radius 2 is 0.515 bits per heavy atom. The van der Waals surface area contributed by atoms with Gasteiger partial charge in [-0.05, 0) is 80.9 Å². The van der Waals surface area contributed by atoms with Crippen molar-refractivity contribution in [3.63, 3.8) is 0 Å². The van der Waals surface area contributed by atoms with Crippen molar-refractivity contribution < 1.29 is 0 Å². The molecule has 8 heteroatoms. The van der Waals surface area contributed by atoms with Gasteiger partial charge < -0.3 is 0 Å². The molecule has 0 bridgehead atoms. The largest absolute Gasteiger partial charge is 0.208 e. The summed E-state index contributed by atoms with van der Waals surface area (Å²) in [6, 6.07) is 78.7. The molecule has 6 nitrogen and oxygen atoms in total. The Kier molecular flexibility index (Phi) is 11.9. The first-order valence-corrected chi connectivity index (χ1v) is 23.7. The first-order chi connectivity index (χ1) is 33.5. The molecule has 0 amide bonds. The average Bonchev–Trinajstić information content (AvgIpc) is 3.41. The molecular weight excluding hydrogens is 965 g/mol. The Labute approximate surface area is 411 Å². The van der Waals surface area contributed by atoms with Crippen molar-refractivity contribution in [1.29, 1.82) is 0 Å². The van der Waals surface area contributed by atoms with Gasteiger partial charge in [0.25, 0.3) is 0 Å². The fourth-order valence-corrected chi connectivity index (χ4v) is 9.35. The van der Waals surface area contributed by atoms with Crippen molar-refractivity contribution in [2.24, 2.45) is 0 Å². The number of nitrogens with zero attached hydrogens (tertiary/aromatic N) is 6. The van der Waals surface area contributed by atoms with Crippen LogP contribution < -0.4 is 0 Å². The van der Waals surface area contributed by atoms with Crippen LogP contribution in [0, 0.1) is 0 Å². The topological polar surface area (TPSA) is 77.3 Å². The fourth-order valence-electron chi connectivity index (χ4n) is 8.25. The van der Waals surface area contributed by atoms with Crippen molar-refractivity contribution >= 4 is 31.9 Å². The van der Waals surface area contributed by atoms with Crippen LogP contribution in [0.5, 0.6) is 0 Å². The normalized spacial score (nSPS) is 11.1. The second kappa shape index (κ2) is 19.1. The third kappa shape index (κ3) is 9.20. The van der Waals surface area contributed by atoms with E-state index in [1.54, 1.807) is 0 Å². The summed E-state index contributed by atoms with van der Waals surface area (Å²) in [4.78, 5) is 30.3. The molecule has 11 aromatic rings. The van der Waals surface area contributed by atoms with Gasteiger partial charge in [0.2, 0.25) is 0 Å². The molecule has 322 valence electrons. The minimum absolute atomic E-state index is 0.582. The van der Waals surface area contributed by atoms with Crippen molar-refractivity contribution in [3.8, 4) is 113 Å². The molecule has 2 aromatic heterocycles. The highest BCUT2D eigenvalue weighted by atomic mass is 79.9. The molecular formula is C60H38Br2N6. The fraction of sp³-hybridized carbons (Fsp3) is 0. The van der Waals surface area contributed by atoms with E-state index in [0.29, 0.717) is 34.9 Å². The molecule has 0 radical (unpaired) electrons. The smallest absolute Gasteiger partial charge is 0.164 e. The molecule has 0 aliphatic heterocycles. The maximum Gasteiger partial charge on any atom is 0.164 e. The predicted octanol–water partition coefficient (Wildman–Crippen LogP) is 16.3. The van der Waals surface area contributed by atoms with Crippen molar-refractivity contribution in [3.05, 3.63) is 239 Å². The van der Waals surface area contributed by atoms with Crippen LogP contribution in [-0.2, 0) is 0 Å². The van der Waals surface area contributed by atoms with E-state index in [0.717, 1.165) is 86.8 Å². The third-order valence-corrected chi connectivity index (χ3v) is 12.8. The van der Waals surface area contributed by atoms with E-state index in [1.165, 1.54) is 0 Å². The lowest BCUT2D eigenvalue weighted by Gasteiger charge is -2.12. The lowest BCUT2D eigenvalue weighted by Crippen LogP contribution is -2.00. The van der Waals surface area contributed by atoms with Crippen molar-refractivity contribution in [2.45, 2.75) is 0 Å². The van der Waals surface area contributed by atoms with Crippen LogP contribution in [0.4, 0.5) is 0 Å². The molecule has 9 aromatic carbocycles. The number of benzene rings is 9. The van der Waals surface area contributed by atoms with Crippen LogP contribution in [0.25, 0.3) is 113 Å². The van der Waals surface area contributed by atoms with Gasteiger partial charge in [0, 0.05) is 42.3 Å². The van der Waals surface area contributed by atoms with Crippen LogP contribution >= 0.6 is 31.9 Å². The van der Waals surface area contributed by atoms with Gasteiger partial charge in [0.05, 0.1) is 0 Å². The van der Waals surface area contributed by atoms with Crippen LogP contribution in [0.1, 0.15) is 0 Å². The molecule has 0 spiro atoms. The number of rotatable bonds is 10. The number of hydrogen-bond donors (Lipinski definition) is 0. The van der Waals surface area contributed by atoms with Crippen LogP contribution in [-0.4, -0.2) is 29.9 Å². The molecule has 2 heterocycles. The Bertz CT molecular complexity index is 3570. The third-order valence-electron chi connectivity index (χ3n) is 11.7. The molecule has 0 aliphatic rings. The molecule has 0 saturated carbocycles. The second-order valence-corrected chi connectivity index (χ2v) is 18.0. The molecule has 11 rings (SSSR count). The molecule has 0 unspecified atom stereocenters. The summed E-state index contributed by atoms with van der Waals surface area (Å²) < 4.78 is 1.87. The van der Waals surface area contributed by atoms with E-state index in [4.69, 9.17) is 29.9 Å². The van der Waals surface area contributed by atoms with E-state index in [1.807, 2.05) is 84.9 Å². The highest BCUT2D eigenvalue weighted by Gasteiger charge is 2.17. The Morgan fingerprint density at radius 1 is 0.206 bits per heavy atom. The molecule has 0 fully saturated rings. The van der Waals surface area contributed by atoms with Crippen molar-refractivity contribution in [2.75, 3.05) is 0 Å². The Morgan fingerprint density at radius 3 is 1.03 bits per heavy atom. The average molecular weight is 1000 g/mol. The molecule has 0 aliphatic carbocycles. The summed E-state index contributed by atoms with van der Waals surface area (Å²) in [5.41, 5.74) is 14.0. The first kappa shape index (κ1) is 42.6. The summed E-state index contributed by atoms with van der Waals surface area (Å²) in [6.45, 7) is 0. The van der Waals surface area contributed by atoms with Gasteiger partial charge in [0.1, 0.15) is 0 Å². The van der Waals surface area contributed by atoms with E-state index in [2.05, 4.69) is 177 Å². The zero-order chi connectivity index (χ0) is 45.8. The Balaban J connectivity index is 0.943. The van der Waals surface area contributed by atoms with E-state index < -0.39 is 0 Å². The van der Waals surface area contributed by atoms with E-state index in [-0.39, 0.29) is 0 Å². The molecule has 68 heavy (non-hydrogen) atoms. The van der Waals surface area contributed by atoms with Gasteiger partial charge in [0.15, 0.2) is 34.9 Å². The van der Waals surface area contributed by atoms with Crippen LogP contribution in [0.2, 0.25) is 0 Å². The summed E-state index contributed by atoms with van der Waals surface area (Å²) in [5, 5.41) is 0. The summed E-state index contributed by atoms with van der Waals surface area (Å²) in [7, 11) is 0. The van der Waals surface area contributed by atoms with Crippen LogP contribution in [0.15, 0.2) is 239 Å². The summed E-state index contributed by atoms with van der Waals surface area (Å²) in [6.07, 6.45) is 0. The second-order valence-electron chi connectivity index (χ2n) is 16.2. The molecule has 0 N–H and O–H groups in total. The van der Waals surface area contributed by atoms with Gasteiger partial charge in [-0.3, -0.25) is 0 Å². The van der Waals surface area contributed by atoms with E-state index in [9.17, 15) is 0 Å². The lowest BCUT2D eigenvalue weighted by molar-refractivity contribution is 1.07. The maximum atomic E-state index is 5.09. The molecule has 0 saturated heterocycles. The van der Waals surface area contributed by atoms with Crippen molar-refractivity contribution in [1.82, 2.24) is 29.9 Å². The highest BCUT2D eigenvalue weighted by molar-refractivity contribution is 9.10. The van der Waals surface area contributed by atoms with E-state index >= 15 is 0 Å². The standard InChI is InChI=1S/C60H38Br2N6/c61-52-36-50(35-51(37-52)60-66-55(42-19-9-3-10-20-42)63-57(67-60)44-29-27-40(28-30-44)39-15-5-1-6-16-39)47-25-13-23-45(33-47)46-24-14-26-48(34-46)58-64-56(43-21-11-4-12-22-43)65-59(68-58)49-31-32-53(54(62)38-49)41-17-7-2-8-18-41/h1-38H. The highest BCUT2D eigenvalue weighted by Crippen LogP contribution is 2.36. The SMILES string of the molecule is Brc1cc(-c2cccc(-c3cccc(-c4nc(-c5ccccc5)nc(-c5ccc(-c6ccccc6)c(Br)c5)n4)c3)c2)cc(-c2nc(-c3ccccc3)nc(-c3ccc(-c4ccccc4)cc3)n2)c1. The first-order valence-electron chi connectivity index (χ1n) is 22.1. The monoisotopic (exact) mass is 1000 g/mol. The molecule has 0 atom stereocenters. The minimum atomic E-state index is 0.582. The van der Waals surface area contributed by atoms with Gasteiger partial charge in [-0.15, -0.1) is 0 Å². The Hall–Kier alpha value is -8.04. The zero-order valence-corrected chi connectivity index (χ0v) is 39.6. The quantitative estimate of drug-likeness (QED) is 0.136. The minimum Gasteiger partial charge on any atom is -0.208 e. The lowest BCUT2D eigenvalue weighted by atomic mass is 9.97. The number of halogens is 2. The predicted molar refractivity (Wildman–Crippen MR) is 283 cm³/mol. The summed E-state index contributed by atoms with van der Waals surface area (Å²) >= 11 is 7.67. The summed E-state index contributed by atoms with van der Waals surface area (Å²) in [5.74, 6) is 3.58.